The van der Waals surface area contributed by atoms with Crippen LogP contribution in [0.25, 0.3) is 11.1 Å². The van der Waals surface area contributed by atoms with Gasteiger partial charge in [0.2, 0.25) is 0 Å². The van der Waals surface area contributed by atoms with Crippen molar-refractivity contribution in [1.82, 2.24) is 9.88 Å². The van der Waals surface area contributed by atoms with Crippen LogP contribution in [0.5, 0.6) is 5.75 Å². The molecule has 11 heteroatoms. The Balaban J connectivity index is 1.85. The Labute approximate surface area is 174 Å². The number of halogens is 3. The van der Waals surface area contributed by atoms with Crippen molar-refractivity contribution in [3.8, 4) is 16.9 Å². The number of alkyl halides is 3. The zero-order valence-electron chi connectivity index (χ0n) is 16.7. The van der Waals surface area contributed by atoms with Crippen LogP contribution in [0.2, 0.25) is 0 Å². The fourth-order valence-corrected chi connectivity index (χ4v) is 3.32. The van der Waals surface area contributed by atoms with Crippen LogP contribution in [0, 0.1) is 0 Å². The van der Waals surface area contributed by atoms with Gasteiger partial charge in [-0.25, -0.2) is 4.79 Å². The van der Waals surface area contributed by atoms with Crippen LogP contribution in [-0.2, 0) is 10.9 Å². The molecule has 1 unspecified atom stereocenters. The first kappa shape index (κ1) is 22.2. The lowest BCUT2D eigenvalue weighted by Gasteiger charge is -2.25. The van der Waals surface area contributed by atoms with E-state index in [4.69, 9.17) is 15.2 Å². The van der Waals surface area contributed by atoms with E-state index in [-0.39, 0.29) is 30.9 Å². The second kappa shape index (κ2) is 8.32. The zero-order chi connectivity index (χ0) is 22.9. The van der Waals surface area contributed by atoms with Crippen LogP contribution < -0.4 is 16.0 Å². The van der Waals surface area contributed by atoms with E-state index in [0.717, 1.165) is 6.07 Å². The number of H-pyrrole nitrogens is 1. The lowest BCUT2D eigenvalue weighted by Crippen LogP contribution is -2.42. The summed E-state index contributed by atoms with van der Waals surface area (Å²) < 4.78 is 50.9. The lowest BCUT2D eigenvalue weighted by molar-refractivity contribution is -0.140. The molecule has 0 radical (unpaired) electrons. The number of primary amides is 1. The maximum absolute atomic E-state index is 13.4. The maximum Gasteiger partial charge on any atom is 0.431 e. The molecule has 0 saturated carbocycles. The van der Waals surface area contributed by atoms with Gasteiger partial charge >= 0.3 is 12.3 Å². The fraction of sp³-hybridized carbons (Fsp3) is 0.350. The molecule has 1 aromatic heterocycles. The Morgan fingerprint density at radius 2 is 1.94 bits per heavy atom. The van der Waals surface area contributed by atoms with Gasteiger partial charge in [-0.3, -0.25) is 14.5 Å². The van der Waals surface area contributed by atoms with Crippen molar-refractivity contribution in [2.75, 3.05) is 13.2 Å². The molecular formula is C20H20F3N3O5. The first-order valence-corrected chi connectivity index (χ1v) is 9.31. The molecule has 166 valence electrons. The van der Waals surface area contributed by atoms with Gasteiger partial charge in [0.15, 0.2) is 0 Å². The van der Waals surface area contributed by atoms with Gasteiger partial charge in [-0.1, -0.05) is 12.1 Å². The molecule has 3 N–H and O–H groups in total. The Morgan fingerprint density at radius 1 is 1.29 bits per heavy atom. The van der Waals surface area contributed by atoms with Gasteiger partial charge in [-0.05, 0) is 37.6 Å². The number of ether oxygens (including phenoxy) is 2. The van der Waals surface area contributed by atoms with Crippen molar-refractivity contribution < 1.29 is 32.2 Å². The van der Waals surface area contributed by atoms with E-state index in [2.05, 4.69) is 0 Å². The van der Waals surface area contributed by atoms with Crippen molar-refractivity contribution in [2.45, 2.75) is 32.1 Å². The van der Waals surface area contributed by atoms with E-state index in [1.165, 1.54) is 24.3 Å². The van der Waals surface area contributed by atoms with Crippen molar-refractivity contribution in [1.29, 1.82) is 0 Å². The topological polar surface area (TPSA) is 115 Å². The molecule has 2 heterocycles. The molecule has 1 atom stereocenters. The van der Waals surface area contributed by atoms with Crippen molar-refractivity contribution in [3.05, 3.63) is 51.9 Å². The predicted molar refractivity (Wildman–Crippen MR) is 104 cm³/mol. The molecule has 0 aliphatic carbocycles. The minimum Gasteiger partial charge on any atom is -0.491 e. The molecule has 1 aliphatic rings. The van der Waals surface area contributed by atoms with Crippen molar-refractivity contribution in [3.63, 3.8) is 0 Å². The first-order chi connectivity index (χ1) is 14.5. The highest BCUT2D eigenvalue weighted by atomic mass is 19.4. The Bertz CT molecular complexity index is 1050. The number of rotatable bonds is 6. The number of benzene rings is 1. The van der Waals surface area contributed by atoms with Crippen LogP contribution in [0.4, 0.5) is 18.0 Å². The second-order valence-electron chi connectivity index (χ2n) is 7.23. The summed E-state index contributed by atoms with van der Waals surface area (Å²) in [4.78, 5) is 38.1. The van der Waals surface area contributed by atoms with E-state index in [1.807, 2.05) is 13.8 Å². The number of carbonyl (C=O) groups excluding carboxylic acids is 2. The summed E-state index contributed by atoms with van der Waals surface area (Å²) in [5.74, 6) is -0.779. The quantitative estimate of drug-likeness (QED) is 0.718. The SMILES string of the molecule is CC(C)N1C(=O)OCC1COc1ccc(-c2cc(C(N)=O)c(=O)[nH]c2C(F)(F)F)cc1. The van der Waals surface area contributed by atoms with E-state index in [0.29, 0.717) is 5.75 Å². The molecule has 8 nitrogen and oxygen atoms in total. The molecular weight excluding hydrogens is 419 g/mol. The first-order valence-electron chi connectivity index (χ1n) is 9.31. The van der Waals surface area contributed by atoms with E-state index >= 15 is 0 Å². The maximum atomic E-state index is 13.4. The number of pyridine rings is 1. The Kier molecular flexibility index (Phi) is 5.96. The van der Waals surface area contributed by atoms with Gasteiger partial charge in [0.1, 0.15) is 36.3 Å². The van der Waals surface area contributed by atoms with Gasteiger partial charge in [0.05, 0.1) is 0 Å². The normalized spacial score (nSPS) is 16.5. The smallest absolute Gasteiger partial charge is 0.431 e. The third kappa shape index (κ3) is 4.65. The number of nitrogens with zero attached hydrogens (tertiary/aromatic N) is 1. The monoisotopic (exact) mass is 439 g/mol. The van der Waals surface area contributed by atoms with Crippen LogP contribution >= 0.6 is 0 Å². The van der Waals surface area contributed by atoms with E-state index < -0.39 is 40.6 Å². The van der Waals surface area contributed by atoms with Crippen molar-refractivity contribution >= 4 is 12.0 Å². The lowest BCUT2D eigenvalue weighted by atomic mass is 10.0. The molecule has 1 aliphatic heterocycles. The number of aromatic amines is 1. The van der Waals surface area contributed by atoms with E-state index in [9.17, 15) is 27.6 Å². The van der Waals surface area contributed by atoms with E-state index in [1.54, 1.807) is 9.88 Å². The molecule has 1 fully saturated rings. The van der Waals surface area contributed by atoms with Gasteiger partial charge in [-0.2, -0.15) is 13.2 Å². The number of hydrogen-bond acceptors (Lipinski definition) is 5. The molecule has 0 bridgehead atoms. The summed E-state index contributed by atoms with van der Waals surface area (Å²) in [6.07, 6.45) is -5.28. The fourth-order valence-electron chi connectivity index (χ4n) is 3.32. The van der Waals surface area contributed by atoms with Gasteiger partial charge in [0.25, 0.3) is 11.5 Å². The number of cyclic esters (lactones) is 1. The number of hydrogen-bond donors (Lipinski definition) is 2. The Hall–Kier alpha value is -3.50. The van der Waals surface area contributed by atoms with Crippen molar-refractivity contribution in [2.24, 2.45) is 5.73 Å². The summed E-state index contributed by atoms with van der Waals surface area (Å²) in [7, 11) is 0. The summed E-state index contributed by atoms with van der Waals surface area (Å²) in [6, 6.07) is 6.07. The van der Waals surface area contributed by atoms with Gasteiger partial charge in [-0.15, -0.1) is 0 Å². The summed E-state index contributed by atoms with van der Waals surface area (Å²) in [5.41, 5.74) is 1.71. The molecule has 1 saturated heterocycles. The molecule has 2 aromatic rings. The molecule has 2 amide bonds. The number of nitrogens with two attached hydrogens (primary N) is 1. The molecule has 3 rings (SSSR count). The van der Waals surface area contributed by atoms with Crippen LogP contribution in [0.3, 0.4) is 0 Å². The van der Waals surface area contributed by atoms with Gasteiger partial charge in [0, 0.05) is 11.6 Å². The zero-order valence-corrected chi connectivity index (χ0v) is 16.7. The number of nitrogens with one attached hydrogen (secondary N) is 1. The summed E-state index contributed by atoms with van der Waals surface area (Å²) in [5, 5.41) is 0. The second-order valence-corrected chi connectivity index (χ2v) is 7.23. The minimum atomic E-state index is -4.85. The summed E-state index contributed by atoms with van der Waals surface area (Å²) >= 11 is 0. The number of aromatic nitrogens is 1. The predicted octanol–water partition coefficient (Wildman–Crippen LogP) is 2.77. The number of carbonyl (C=O) groups is 2. The van der Waals surface area contributed by atoms with Crippen LogP contribution in [0.15, 0.2) is 35.1 Å². The third-order valence-electron chi connectivity index (χ3n) is 4.76. The standard InChI is InChI=1S/C20H20F3N3O5/c1-10(2)26-12(9-31-19(26)29)8-30-13-5-3-11(4-6-13)14-7-15(17(24)27)18(28)25-16(14)20(21,22)23/h3-7,10,12H,8-9H2,1-2H3,(H2,24,27)(H,25,28). The third-order valence-corrected chi connectivity index (χ3v) is 4.76. The van der Waals surface area contributed by atoms with Crippen LogP contribution in [0.1, 0.15) is 29.9 Å². The highest BCUT2D eigenvalue weighted by Crippen LogP contribution is 2.35. The molecule has 31 heavy (non-hydrogen) atoms. The Morgan fingerprint density at radius 3 is 2.48 bits per heavy atom. The summed E-state index contributed by atoms with van der Waals surface area (Å²) in [6.45, 7) is 4.01. The molecule has 0 spiro atoms. The average Bonchev–Trinajstić information content (AvgIpc) is 3.06. The largest absolute Gasteiger partial charge is 0.491 e. The van der Waals surface area contributed by atoms with Gasteiger partial charge < -0.3 is 20.2 Å². The minimum absolute atomic E-state index is 0.0774. The van der Waals surface area contributed by atoms with Crippen LogP contribution in [-0.4, -0.2) is 47.2 Å². The molecule has 1 aromatic carbocycles. The highest BCUT2D eigenvalue weighted by Gasteiger charge is 2.37. The average molecular weight is 439 g/mol. The number of amides is 2. The highest BCUT2D eigenvalue weighted by molar-refractivity contribution is 5.94.